The van der Waals surface area contributed by atoms with Gasteiger partial charge in [0.05, 0.1) is 19.9 Å². The highest BCUT2D eigenvalue weighted by molar-refractivity contribution is 7.89. The van der Waals surface area contributed by atoms with Crippen LogP contribution in [0.2, 0.25) is 0 Å². The highest BCUT2D eigenvalue weighted by atomic mass is 32.2. The zero-order valence-corrected chi connectivity index (χ0v) is 16.6. The molecule has 0 atom stereocenters. The van der Waals surface area contributed by atoms with Crippen LogP contribution in [0.3, 0.4) is 0 Å². The molecule has 0 aliphatic carbocycles. The lowest BCUT2D eigenvalue weighted by molar-refractivity contribution is 0.393. The third kappa shape index (κ3) is 3.53. The van der Waals surface area contributed by atoms with Gasteiger partial charge in [0, 0.05) is 12.6 Å². The van der Waals surface area contributed by atoms with E-state index in [1.807, 2.05) is 6.92 Å². The first-order chi connectivity index (χ1) is 12.4. The molecule has 0 fully saturated rings. The minimum Gasteiger partial charge on any atom is -0.497 e. The highest BCUT2D eigenvalue weighted by Gasteiger charge is 2.25. The van der Waals surface area contributed by atoms with Crippen molar-refractivity contribution in [2.45, 2.75) is 31.8 Å². The molecule has 0 bridgehead atoms. The normalized spacial score (nSPS) is 11.8. The predicted octanol–water partition coefficient (Wildman–Crippen LogP) is 2.16. The van der Waals surface area contributed by atoms with Gasteiger partial charge in [-0.2, -0.15) is 9.61 Å². The van der Waals surface area contributed by atoms with E-state index in [1.54, 1.807) is 39.3 Å². The van der Waals surface area contributed by atoms with E-state index in [1.165, 1.54) is 15.9 Å². The van der Waals surface area contributed by atoms with Gasteiger partial charge in [-0.1, -0.05) is 18.3 Å². The van der Waals surface area contributed by atoms with E-state index in [0.717, 1.165) is 17.0 Å². The van der Waals surface area contributed by atoms with Crippen LogP contribution in [0.25, 0.3) is 4.96 Å². The van der Waals surface area contributed by atoms with E-state index in [0.29, 0.717) is 22.2 Å². The summed E-state index contributed by atoms with van der Waals surface area (Å²) in [5.41, 5.74) is 1.14. The zero-order chi connectivity index (χ0) is 18.9. The number of nitrogens with zero attached hydrogens (tertiary/aromatic N) is 3. The molecule has 1 N–H and O–H groups in total. The molecule has 0 spiro atoms. The van der Waals surface area contributed by atoms with Crippen molar-refractivity contribution in [2.24, 2.45) is 0 Å². The summed E-state index contributed by atoms with van der Waals surface area (Å²) in [6, 6.07) is 5.23. The summed E-state index contributed by atoms with van der Waals surface area (Å²) in [7, 11) is -0.705. The van der Waals surface area contributed by atoms with Gasteiger partial charge in [-0.25, -0.2) is 18.1 Å². The second-order valence-electron chi connectivity index (χ2n) is 5.59. The molecule has 0 radical (unpaired) electrons. The number of methoxy groups -OCH3 is 2. The third-order valence-corrected chi connectivity index (χ3v) is 6.36. The maximum atomic E-state index is 12.8. The molecule has 0 aliphatic rings. The molecule has 26 heavy (non-hydrogen) atoms. The number of hydrogen-bond acceptors (Lipinski definition) is 7. The number of rotatable bonds is 7. The predicted molar refractivity (Wildman–Crippen MR) is 98.6 cm³/mol. The fourth-order valence-electron chi connectivity index (χ4n) is 2.54. The molecule has 0 saturated carbocycles. The number of imidazole rings is 1. The molecular weight excluding hydrogens is 376 g/mol. The van der Waals surface area contributed by atoms with Crippen LogP contribution in [-0.4, -0.2) is 37.2 Å². The number of fused-ring (bicyclic) bond motifs is 1. The lowest BCUT2D eigenvalue weighted by Crippen LogP contribution is -2.25. The Balaban J connectivity index is 1.90. The largest absolute Gasteiger partial charge is 0.497 e. The average molecular weight is 396 g/mol. The van der Waals surface area contributed by atoms with Crippen molar-refractivity contribution < 1.29 is 17.9 Å². The number of hydrogen-bond donors (Lipinski definition) is 1. The highest BCUT2D eigenvalue weighted by Crippen LogP contribution is 2.24. The van der Waals surface area contributed by atoms with Crippen LogP contribution in [-0.2, 0) is 23.0 Å². The van der Waals surface area contributed by atoms with Crippen LogP contribution in [0.4, 0.5) is 0 Å². The second-order valence-corrected chi connectivity index (χ2v) is 8.31. The van der Waals surface area contributed by atoms with Gasteiger partial charge in [0.15, 0.2) is 5.03 Å². The van der Waals surface area contributed by atoms with Crippen molar-refractivity contribution in [3.8, 4) is 11.5 Å². The summed E-state index contributed by atoms with van der Waals surface area (Å²) >= 11 is 1.39. The van der Waals surface area contributed by atoms with Crippen molar-refractivity contribution in [1.29, 1.82) is 0 Å². The Labute approximate surface area is 155 Å². The quantitative estimate of drug-likeness (QED) is 0.658. The Bertz CT molecular complexity index is 1020. The third-order valence-electron chi connectivity index (χ3n) is 3.80. The van der Waals surface area contributed by atoms with Crippen molar-refractivity contribution in [3.63, 3.8) is 0 Å². The van der Waals surface area contributed by atoms with E-state index in [-0.39, 0.29) is 11.6 Å². The SMILES string of the molecule is CCc1nn2c(S(=O)(=O)NCc3cc(OC)cc(OC)c3)c(C)nc2s1. The van der Waals surface area contributed by atoms with Crippen LogP contribution in [0.1, 0.15) is 23.2 Å². The first-order valence-corrected chi connectivity index (χ1v) is 10.2. The maximum absolute atomic E-state index is 12.8. The van der Waals surface area contributed by atoms with E-state index in [9.17, 15) is 8.42 Å². The summed E-state index contributed by atoms with van der Waals surface area (Å²) in [5.74, 6) is 1.18. The van der Waals surface area contributed by atoms with Crippen LogP contribution in [0.15, 0.2) is 23.2 Å². The fraction of sp³-hybridized carbons (Fsp3) is 0.375. The minimum atomic E-state index is -3.79. The molecule has 2 aromatic heterocycles. The zero-order valence-electron chi connectivity index (χ0n) is 14.9. The lowest BCUT2D eigenvalue weighted by atomic mass is 10.2. The molecule has 3 aromatic rings. The molecular formula is C16H20N4O4S2. The first kappa shape index (κ1) is 18.6. The summed E-state index contributed by atoms with van der Waals surface area (Å²) < 4.78 is 40.1. The van der Waals surface area contributed by atoms with Crippen molar-refractivity contribution in [3.05, 3.63) is 34.5 Å². The summed E-state index contributed by atoms with van der Waals surface area (Å²) in [5, 5.41) is 5.24. The van der Waals surface area contributed by atoms with Crippen LogP contribution >= 0.6 is 11.3 Å². The number of sulfonamides is 1. The lowest BCUT2D eigenvalue weighted by Gasteiger charge is -2.10. The van der Waals surface area contributed by atoms with Gasteiger partial charge in [0.2, 0.25) is 4.96 Å². The first-order valence-electron chi connectivity index (χ1n) is 7.94. The fourth-order valence-corrected chi connectivity index (χ4v) is 4.76. The number of nitrogens with one attached hydrogen (secondary N) is 1. The van der Waals surface area contributed by atoms with E-state index in [4.69, 9.17) is 9.47 Å². The molecule has 10 heteroatoms. The van der Waals surface area contributed by atoms with E-state index >= 15 is 0 Å². The van der Waals surface area contributed by atoms with Crippen molar-refractivity contribution in [1.82, 2.24) is 19.3 Å². The Morgan fingerprint density at radius 2 is 1.85 bits per heavy atom. The summed E-state index contributed by atoms with van der Waals surface area (Å²) in [6.45, 7) is 3.72. The van der Waals surface area contributed by atoms with Gasteiger partial charge in [0.25, 0.3) is 10.0 Å². The van der Waals surface area contributed by atoms with E-state index in [2.05, 4.69) is 14.8 Å². The van der Waals surface area contributed by atoms with Crippen LogP contribution < -0.4 is 14.2 Å². The molecule has 0 saturated heterocycles. The Morgan fingerprint density at radius 3 is 2.42 bits per heavy atom. The monoisotopic (exact) mass is 396 g/mol. The van der Waals surface area contributed by atoms with Crippen LogP contribution in [0.5, 0.6) is 11.5 Å². The number of ether oxygens (including phenoxy) is 2. The maximum Gasteiger partial charge on any atom is 0.260 e. The van der Waals surface area contributed by atoms with Crippen molar-refractivity contribution >= 4 is 26.3 Å². The number of aromatic nitrogens is 3. The molecule has 0 aliphatic heterocycles. The molecule has 1 aromatic carbocycles. The molecule has 2 heterocycles. The van der Waals surface area contributed by atoms with Gasteiger partial charge in [0.1, 0.15) is 16.5 Å². The second kappa shape index (κ2) is 7.22. The van der Waals surface area contributed by atoms with Gasteiger partial charge < -0.3 is 9.47 Å². The van der Waals surface area contributed by atoms with Gasteiger partial charge in [-0.05, 0) is 31.0 Å². The summed E-state index contributed by atoms with van der Waals surface area (Å²) in [6.07, 6.45) is 0.726. The molecule has 3 rings (SSSR count). The standard InChI is InChI=1S/C16H20N4O4S2/c1-5-14-19-20-15(10(2)18-16(20)25-14)26(21,22)17-9-11-6-12(23-3)8-13(7-11)24-4/h6-8,17H,5,9H2,1-4H3. The van der Waals surface area contributed by atoms with E-state index < -0.39 is 10.0 Å². The van der Waals surface area contributed by atoms with Gasteiger partial charge in [-0.3, -0.25) is 0 Å². The Hall–Kier alpha value is -2.17. The van der Waals surface area contributed by atoms with Gasteiger partial charge in [-0.15, -0.1) is 0 Å². The van der Waals surface area contributed by atoms with Gasteiger partial charge >= 0.3 is 0 Å². The summed E-state index contributed by atoms with van der Waals surface area (Å²) in [4.78, 5) is 4.89. The van der Waals surface area contributed by atoms with Crippen molar-refractivity contribution in [2.75, 3.05) is 14.2 Å². The molecule has 0 amide bonds. The molecule has 140 valence electrons. The Morgan fingerprint density at radius 1 is 1.19 bits per heavy atom. The average Bonchev–Trinajstić information content (AvgIpc) is 3.15. The Kier molecular flexibility index (Phi) is 5.17. The molecule has 8 nitrogen and oxygen atoms in total. The van der Waals surface area contributed by atoms with Crippen LogP contribution in [0, 0.1) is 6.92 Å². The smallest absolute Gasteiger partial charge is 0.260 e. The topological polar surface area (TPSA) is 94.8 Å². The minimum absolute atomic E-state index is 0.0679. The number of aryl methyl sites for hydroxylation is 2. The number of benzene rings is 1. The molecule has 0 unspecified atom stereocenters.